The molecule has 108 valence electrons. The van der Waals surface area contributed by atoms with Crippen LogP contribution in [0.5, 0.6) is 0 Å². The van der Waals surface area contributed by atoms with Crippen LogP contribution in [0.25, 0.3) is 11.0 Å². The van der Waals surface area contributed by atoms with Gasteiger partial charge in [-0.2, -0.15) is 0 Å². The molecule has 1 aliphatic carbocycles. The van der Waals surface area contributed by atoms with Crippen molar-refractivity contribution in [3.05, 3.63) is 23.0 Å². The van der Waals surface area contributed by atoms with Crippen LogP contribution in [0.4, 0.5) is 10.3 Å². The van der Waals surface area contributed by atoms with Gasteiger partial charge in [-0.15, -0.1) is 0 Å². The molecular formula is C14H18ClFN4. The van der Waals surface area contributed by atoms with E-state index < -0.39 is 5.82 Å². The summed E-state index contributed by atoms with van der Waals surface area (Å²) in [6.45, 7) is 0.754. The number of rotatable bonds is 3. The molecule has 1 heterocycles. The van der Waals surface area contributed by atoms with Crippen LogP contribution in [0.2, 0.25) is 5.02 Å². The van der Waals surface area contributed by atoms with Crippen molar-refractivity contribution < 1.29 is 4.39 Å². The Morgan fingerprint density at radius 3 is 2.70 bits per heavy atom. The number of hydrogen-bond donors (Lipinski definition) is 1. The number of nitrogens with two attached hydrogens (primary N) is 1. The molecule has 1 saturated carbocycles. The first-order valence-electron chi connectivity index (χ1n) is 6.71. The van der Waals surface area contributed by atoms with Gasteiger partial charge in [-0.3, -0.25) is 0 Å². The molecule has 6 heteroatoms. The summed E-state index contributed by atoms with van der Waals surface area (Å²) in [5.41, 5.74) is 7.47. The number of nitrogen functional groups attached to an aromatic ring is 1. The van der Waals surface area contributed by atoms with Crippen molar-refractivity contribution >= 4 is 28.6 Å². The Hall–Kier alpha value is -1.33. The second-order valence-electron chi connectivity index (χ2n) is 5.78. The zero-order valence-corrected chi connectivity index (χ0v) is 12.4. The van der Waals surface area contributed by atoms with Crippen LogP contribution in [0.1, 0.15) is 19.3 Å². The molecule has 1 fully saturated rings. The zero-order valence-electron chi connectivity index (χ0n) is 11.7. The maximum Gasteiger partial charge on any atom is 0.201 e. The van der Waals surface area contributed by atoms with E-state index in [0.717, 1.165) is 24.9 Å². The van der Waals surface area contributed by atoms with Gasteiger partial charge in [-0.25, -0.2) is 9.37 Å². The Bertz CT molecular complexity index is 661. The highest BCUT2D eigenvalue weighted by Crippen LogP contribution is 2.39. The number of benzene rings is 1. The first kappa shape index (κ1) is 13.6. The number of fused-ring (bicyclic) bond motifs is 1. The lowest BCUT2D eigenvalue weighted by molar-refractivity contribution is 0.0440. The minimum atomic E-state index is -0.463. The van der Waals surface area contributed by atoms with E-state index >= 15 is 0 Å². The quantitative estimate of drug-likeness (QED) is 0.947. The molecule has 20 heavy (non-hydrogen) atoms. The molecule has 0 aliphatic heterocycles. The topological polar surface area (TPSA) is 47.1 Å². The Balaban J connectivity index is 2.07. The van der Waals surface area contributed by atoms with Gasteiger partial charge in [0.25, 0.3) is 0 Å². The Morgan fingerprint density at radius 1 is 1.45 bits per heavy atom. The normalized spacial score (nSPS) is 17.6. The van der Waals surface area contributed by atoms with E-state index in [4.69, 9.17) is 17.3 Å². The molecular weight excluding hydrogens is 279 g/mol. The van der Waals surface area contributed by atoms with Crippen molar-refractivity contribution in [3.63, 3.8) is 0 Å². The van der Waals surface area contributed by atoms with E-state index in [0.29, 0.717) is 11.5 Å². The fraction of sp³-hybridized carbons (Fsp3) is 0.500. The fourth-order valence-electron chi connectivity index (χ4n) is 2.93. The van der Waals surface area contributed by atoms with Crippen LogP contribution in [0.3, 0.4) is 0 Å². The summed E-state index contributed by atoms with van der Waals surface area (Å²) < 4.78 is 15.4. The molecule has 0 spiro atoms. The number of imidazole rings is 1. The van der Waals surface area contributed by atoms with Crippen LogP contribution in [-0.2, 0) is 6.54 Å². The minimum absolute atomic E-state index is 0.103. The van der Waals surface area contributed by atoms with Crippen LogP contribution in [0.15, 0.2) is 12.1 Å². The summed E-state index contributed by atoms with van der Waals surface area (Å²) in [5, 5.41) is 0.103. The lowest BCUT2D eigenvalue weighted by atomic mass is 9.75. The highest BCUT2D eigenvalue weighted by molar-refractivity contribution is 6.31. The van der Waals surface area contributed by atoms with Crippen LogP contribution in [-0.4, -0.2) is 34.1 Å². The molecule has 0 radical (unpaired) electrons. The maximum absolute atomic E-state index is 13.5. The summed E-state index contributed by atoms with van der Waals surface area (Å²) >= 11 is 5.88. The second-order valence-corrected chi connectivity index (χ2v) is 6.19. The second kappa shape index (κ2) is 4.60. The van der Waals surface area contributed by atoms with Gasteiger partial charge in [0.1, 0.15) is 5.82 Å². The Kier molecular flexibility index (Phi) is 3.14. The smallest absolute Gasteiger partial charge is 0.201 e. The largest absolute Gasteiger partial charge is 0.369 e. The lowest BCUT2D eigenvalue weighted by Crippen LogP contribution is -2.53. The Labute approximate surface area is 122 Å². The van der Waals surface area contributed by atoms with Crippen LogP contribution in [0, 0.1) is 5.82 Å². The summed E-state index contributed by atoms with van der Waals surface area (Å²) in [6.07, 6.45) is 3.49. The van der Waals surface area contributed by atoms with Crippen molar-refractivity contribution in [2.75, 3.05) is 19.8 Å². The molecule has 4 nitrogen and oxygen atoms in total. The SMILES string of the molecule is CN(C)C1(Cn2c(N)nc3cc(F)c(Cl)cc32)CCC1. The molecule has 0 unspecified atom stereocenters. The highest BCUT2D eigenvalue weighted by atomic mass is 35.5. The predicted molar refractivity (Wildman–Crippen MR) is 79.4 cm³/mol. The molecule has 1 aromatic carbocycles. The first-order valence-corrected chi connectivity index (χ1v) is 7.09. The number of aromatic nitrogens is 2. The number of hydrogen-bond acceptors (Lipinski definition) is 3. The zero-order chi connectivity index (χ0) is 14.5. The van der Waals surface area contributed by atoms with Crippen LogP contribution < -0.4 is 5.73 Å². The van der Waals surface area contributed by atoms with E-state index in [1.165, 1.54) is 12.5 Å². The molecule has 2 N–H and O–H groups in total. The fourth-order valence-corrected chi connectivity index (χ4v) is 3.09. The predicted octanol–water partition coefficient (Wildman–Crippen LogP) is 2.90. The standard InChI is InChI=1S/C14H18ClFN4/c1-19(2)14(4-3-5-14)8-20-12-6-9(15)10(16)7-11(12)18-13(20)17/h6-7H,3-5,8H2,1-2H3,(H2,17,18). The molecule has 1 aromatic heterocycles. The van der Waals surface area contributed by atoms with Gasteiger partial charge in [0.05, 0.1) is 16.1 Å². The summed E-state index contributed by atoms with van der Waals surface area (Å²) in [5.74, 6) is -0.0513. The van der Waals surface area contributed by atoms with Crippen molar-refractivity contribution in [2.24, 2.45) is 0 Å². The third kappa shape index (κ3) is 1.96. The first-order chi connectivity index (χ1) is 9.43. The maximum atomic E-state index is 13.5. The Morgan fingerprint density at radius 2 is 2.15 bits per heavy atom. The average molecular weight is 297 g/mol. The van der Waals surface area contributed by atoms with E-state index in [1.54, 1.807) is 6.07 Å². The number of halogens is 2. The van der Waals surface area contributed by atoms with Gasteiger partial charge in [-0.1, -0.05) is 11.6 Å². The van der Waals surface area contributed by atoms with E-state index in [1.807, 2.05) is 4.57 Å². The van der Waals surface area contributed by atoms with Crippen molar-refractivity contribution in [1.29, 1.82) is 0 Å². The molecule has 0 amide bonds. The van der Waals surface area contributed by atoms with Gasteiger partial charge in [0.2, 0.25) is 5.95 Å². The van der Waals surface area contributed by atoms with Crippen molar-refractivity contribution in [2.45, 2.75) is 31.3 Å². The third-order valence-electron chi connectivity index (χ3n) is 4.51. The van der Waals surface area contributed by atoms with Crippen molar-refractivity contribution in [1.82, 2.24) is 14.5 Å². The van der Waals surface area contributed by atoms with Gasteiger partial charge >= 0.3 is 0 Å². The number of anilines is 1. The summed E-state index contributed by atoms with van der Waals surface area (Å²) in [7, 11) is 4.17. The highest BCUT2D eigenvalue weighted by Gasteiger charge is 2.40. The molecule has 0 saturated heterocycles. The number of likely N-dealkylation sites (N-methyl/N-ethyl adjacent to an activating group) is 1. The van der Waals surface area contributed by atoms with Crippen LogP contribution >= 0.6 is 11.6 Å². The molecule has 0 atom stereocenters. The van der Waals surface area contributed by atoms with Crippen molar-refractivity contribution in [3.8, 4) is 0 Å². The lowest BCUT2D eigenvalue weighted by Gasteiger charge is -2.47. The van der Waals surface area contributed by atoms with E-state index in [-0.39, 0.29) is 10.6 Å². The molecule has 2 aromatic rings. The van der Waals surface area contributed by atoms with Gasteiger partial charge in [0, 0.05) is 18.2 Å². The molecule has 3 rings (SSSR count). The van der Waals surface area contributed by atoms with Gasteiger partial charge in [0.15, 0.2) is 0 Å². The monoisotopic (exact) mass is 296 g/mol. The third-order valence-corrected chi connectivity index (χ3v) is 4.79. The molecule has 1 aliphatic rings. The summed E-state index contributed by atoms with van der Waals surface area (Å²) in [4.78, 5) is 6.48. The van der Waals surface area contributed by atoms with E-state index in [9.17, 15) is 4.39 Å². The summed E-state index contributed by atoms with van der Waals surface area (Å²) in [6, 6.07) is 2.95. The number of nitrogens with zero attached hydrogens (tertiary/aromatic N) is 3. The minimum Gasteiger partial charge on any atom is -0.369 e. The average Bonchev–Trinajstić information content (AvgIpc) is 2.60. The van der Waals surface area contributed by atoms with Gasteiger partial charge in [-0.05, 0) is 39.4 Å². The van der Waals surface area contributed by atoms with E-state index in [2.05, 4.69) is 24.0 Å². The van der Waals surface area contributed by atoms with Gasteiger partial charge < -0.3 is 15.2 Å². The molecule has 0 bridgehead atoms.